The van der Waals surface area contributed by atoms with Crippen LogP contribution in [0.4, 0.5) is 22.2 Å². The lowest BCUT2D eigenvalue weighted by atomic mass is 9.72. The highest BCUT2D eigenvalue weighted by Crippen LogP contribution is 2.36. The van der Waals surface area contributed by atoms with Crippen molar-refractivity contribution in [1.29, 1.82) is 5.26 Å². The smallest absolute Gasteiger partial charge is 0.410 e. The number of nitrogens with zero attached hydrogens (tertiary/aromatic N) is 4. The average molecular weight is 531 g/mol. The van der Waals surface area contributed by atoms with E-state index in [4.69, 9.17) is 10.00 Å². The van der Waals surface area contributed by atoms with Gasteiger partial charge in [0.25, 0.3) is 0 Å². The molecule has 0 unspecified atom stereocenters. The largest absolute Gasteiger partial charge is 0.444 e. The maximum Gasteiger partial charge on any atom is 0.410 e. The zero-order chi connectivity index (χ0) is 28.6. The summed E-state index contributed by atoms with van der Waals surface area (Å²) in [6, 6.07) is 8.65. The van der Waals surface area contributed by atoms with Crippen LogP contribution in [0.3, 0.4) is 0 Å². The number of hydrogen-bond donors (Lipinski definition) is 2. The van der Waals surface area contributed by atoms with Gasteiger partial charge in [-0.25, -0.2) is 9.78 Å². The fourth-order valence-corrected chi connectivity index (χ4v) is 4.03. The molecule has 1 amide bonds. The van der Waals surface area contributed by atoms with Crippen LogP contribution >= 0.6 is 0 Å². The number of nitriles is 1. The van der Waals surface area contributed by atoms with Crippen molar-refractivity contribution in [2.45, 2.75) is 71.9 Å². The Kier molecular flexibility index (Phi) is 9.89. The summed E-state index contributed by atoms with van der Waals surface area (Å²) in [5, 5.41) is 15.5. The zero-order valence-electron chi connectivity index (χ0n) is 23.7. The third-order valence-electron chi connectivity index (χ3n) is 6.47. The molecule has 2 N–H and O–H groups in total. The maximum atomic E-state index is 12.8. The summed E-state index contributed by atoms with van der Waals surface area (Å²) in [6.07, 6.45) is 4.27. The number of amides is 1. The molecule has 0 spiro atoms. The Labute approximate surface area is 231 Å². The molecule has 206 valence electrons. The summed E-state index contributed by atoms with van der Waals surface area (Å²) in [5.74, 6) is 8.15. The van der Waals surface area contributed by atoms with Crippen LogP contribution in [0.15, 0.2) is 30.5 Å². The minimum absolute atomic E-state index is 0.0320. The average Bonchev–Trinajstić information content (AvgIpc) is 2.87. The quantitative estimate of drug-likeness (QED) is 0.408. The van der Waals surface area contributed by atoms with Crippen molar-refractivity contribution in [3.8, 4) is 17.9 Å². The minimum atomic E-state index is -0.604. The Bertz CT molecular complexity index is 1260. The number of ketones is 1. The van der Waals surface area contributed by atoms with Crippen molar-refractivity contribution >= 4 is 29.3 Å². The van der Waals surface area contributed by atoms with E-state index >= 15 is 0 Å². The summed E-state index contributed by atoms with van der Waals surface area (Å²) in [5.41, 5.74) is 1.49. The van der Waals surface area contributed by atoms with E-state index < -0.39 is 17.7 Å². The van der Waals surface area contributed by atoms with Gasteiger partial charge in [-0.2, -0.15) is 10.2 Å². The van der Waals surface area contributed by atoms with E-state index in [9.17, 15) is 9.59 Å². The fourth-order valence-electron chi connectivity index (χ4n) is 4.03. The van der Waals surface area contributed by atoms with Gasteiger partial charge < -0.3 is 20.3 Å². The molecule has 0 bridgehead atoms. The van der Waals surface area contributed by atoms with E-state index in [1.165, 1.54) is 4.90 Å². The van der Waals surface area contributed by atoms with E-state index in [0.29, 0.717) is 23.8 Å². The number of likely N-dealkylation sites (N-methyl/N-ethyl adjacent to an activating group) is 1. The molecule has 3 rings (SSSR count). The number of rotatable bonds is 9. The molecule has 2 aromatic rings. The summed E-state index contributed by atoms with van der Waals surface area (Å²) in [7, 11) is 1.60. The highest BCUT2D eigenvalue weighted by Gasteiger charge is 2.33. The molecule has 1 saturated carbocycles. The Balaban J connectivity index is 1.56. The molecule has 1 aliphatic carbocycles. The molecule has 1 fully saturated rings. The van der Waals surface area contributed by atoms with Gasteiger partial charge >= 0.3 is 6.09 Å². The fraction of sp³-hybridized carbons (Fsp3) is 0.500. The molecule has 1 aliphatic rings. The molecule has 1 atom stereocenters. The number of Topliss-reactive ketones (excluding diaryl/α,β-unsaturated/α-hetero) is 1. The number of anilines is 3. The predicted octanol–water partition coefficient (Wildman–Crippen LogP) is 5.51. The number of carbonyl (C=O) groups excluding carboxylic acids is 2. The minimum Gasteiger partial charge on any atom is -0.444 e. The molecule has 9 heteroatoms. The standard InChI is InChI=1S/C30H38N6O3/c1-7-14-32-27-24(19-33-28(35-27)34-25-12-9-21(18-31)10-13-25)11-8-22-15-23(16-22)17-26(37)20(2)36(6)29(38)39-30(3,4)5/h9-10,12-13,19-20,22-23H,7,14-17H2,1-6H3,(H2,32,33,34,35)/t20-,22?,23?/m0/s1. The molecule has 1 aromatic carbocycles. The van der Waals surface area contributed by atoms with Gasteiger partial charge in [0.05, 0.1) is 29.4 Å². The lowest BCUT2D eigenvalue weighted by molar-refractivity contribution is -0.125. The van der Waals surface area contributed by atoms with Crippen LogP contribution in [-0.2, 0) is 9.53 Å². The van der Waals surface area contributed by atoms with E-state index in [0.717, 1.165) is 37.1 Å². The van der Waals surface area contributed by atoms with Crippen LogP contribution in [0.1, 0.15) is 71.4 Å². The van der Waals surface area contributed by atoms with Gasteiger partial charge in [-0.05, 0) is 77.1 Å². The molecule has 1 aromatic heterocycles. The van der Waals surface area contributed by atoms with E-state index in [-0.39, 0.29) is 17.6 Å². The van der Waals surface area contributed by atoms with Crippen molar-refractivity contribution in [2.24, 2.45) is 11.8 Å². The Morgan fingerprint density at radius 2 is 1.92 bits per heavy atom. The second-order valence-corrected chi connectivity index (χ2v) is 10.9. The Hall–Kier alpha value is -4.11. The highest BCUT2D eigenvalue weighted by molar-refractivity contribution is 5.87. The van der Waals surface area contributed by atoms with Gasteiger partial charge in [-0.1, -0.05) is 18.8 Å². The first-order valence-corrected chi connectivity index (χ1v) is 13.4. The summed E-state index contributed by atoms with van der Waals surface area (Å²) in [4.78, 5) is 35.4. The normalized spacial score (nSPS) is 16.9. The lowest BCUT2D eigenvalue weighted by Crippen LogP contribution is -2.44. The van der Waals surface area contributed by atoms with Gasteiger partial charge in [0.2, 0.25) is 5.95 Å². The first kappa shape index (κ1) is 29.4. The van der Waals surface area contributed by atoms with Crippen molar-refractivity contribution in [1.82, 2.24) is 14.9 Å². The SMILES string of the molecule is CCCNc1nc(Nc2ccc(C#N)cc2)ncc1C#CC1CC(CC(=O)[C@H](C)N(C)C(=O)OC(C)(C)C)C1. The topological polar surface area (TPSA) is 120 Å². The van der Waals surface area contributed by atoms with Crippen molar-refractivity contribution < 1.29 is 14.3 Å². The molecule has 9 nitrogen and oxygen atoms in total. The maximum absolute atomic E-state index is 12.8. The summed E-state index contributed by atoms with van der Waals surface area (Å²) < 4.78 is 5.37. The van der Waals surface area contributed by atoms with E-state index in [1.54, 1.807) is 53.1 Å². The second-order valence-electron chi connectivity index (χ2n) is 10.9. The first-order chi connectivity index (χ1) is 18.5. The number of aromatic nitrogens is 2. The van der Waals surface area contributed by atoms with Crippen LogP contribution in [-0.4, -0.2) is 52.0 Å². The van der Waals surface area contributed by atoms with Crippen LogP contribution in [0.5, 0.6) is 0 Å². The molecule has 0 aliphatic heterocycles. The van der Waals surface area contributed by atoms with Crippen molar-refractivity contribution in [2.75, 3.05) is 24.2 Å². The van der Waals surface area contributed by atoms with Gasteiger partial charge in [0, 0.05) is 31.6 Å². The third-order valence-corrected chi connectivity index (χ3v) is 6.47. The Morgan fingerprint density at radius 1 is 1.23 bits per heavy atom. The molecule has 39 heavy (non-hydrogen) atoms. The van der Waals surface area contributed by atoms with E-state index in [2.05, 4.69) is 45.4 Å². The summed E-state index contributed by atoms with van der Waals surface area (Å²) in [6.45, 7) is 9.99. The zero-order valence-corrected chi connectivity index (χ0v) is 23.7. The molecule has 0 radical (unpaired) electrons. The van der Waals surface area contributed by atoms with Gasteiger partial charge in [0.15, 0.2) is 5.78 Å². The predicted molar refractivity (Wildman–Crippen MR) is 151 cm³/mol. The molecular formula is C30H38N6O3. The number of benzene rings is 1. The molecule has 1 heterocycles. The highest BCUT2D eigenvalue weighted by atomic mass is 16.6. The van der Waals surface area contributed by atoms with Gasteiger partial charge in [0.1, 0.15) is 11.4 Å². The van der Waals surface area contributed by atoms with Crippen molar-refractivity contribution in [3.05, 3.63) is 41.6 Å². The summed E-state index contributed by atoms with van der Waals surface area (Å²) >= 11 is 0. The third kappa shape index (κ3) is 8.71. The van der Waals surface area contributed by atoms with Crippen LogP contribution in [0, 0.1) is 35.0 Å². The van der Waals surface area contributed by atoms with Crippen LogP contribution in [0.2, 0.25) is 0 Å². The van der Waals surface area contributed by atoms with Gasteiger partial charge in [-0.3, -0.25) is 4.79 Å². The molecular weight excluding hydrogens is 492 g/mol. The lowest BCUT2D eigenvalue weighted by Gasteiger charge is -2.33. The van der Waals surface area contributed by atoms with Gasteiger partial charge in [-0.15, -0.1) is 0 Å². The van der Waals surface area contributed by atoms with E-state index in [1.807, 2.05) is 12.1 Å². The first-order valence-electron chi connectivity index (χ1n) is 13.4. The van der Waals surface area contributed by atoms with Crippen LogP contribution < -0.4 is 10.6 Å². The monoisotopic (exact) mass is 530 g/mol. The molecule has 0 saturated heterocycles. The number of ether oxygens (including phenoxy) is 1. The van der Waals surface area contributed by atoms with Crippen LogP contribution in [0.25, 0.3) is 0 Å². The number of carbonyl (C=O) groups is 2. The second kappa shape index (κ2) is 13.1. The van der Waals surface area contributed by atoms with Crippen molar-refractivity contribution in [3.63, 3.8) is 0 Å². The number of hydrogen-bond acceptors (Lipinski definition) is 8. The number of nitrogens with one attached hydrogen (secondary N) is 2. The Morgan fingerprint density at radius 3 is 2.54 bits per heavy atom.